The maximum Gasteiger partial charge on any atom is 0.160 e. The van der Waals surface area contributed by atoms with Gasteiger partial charge in [0, 0.05) is 24.2 Å². The summed E-state index contributed by atoms with van der Waals surface area (Å²) < 4.78 is 5.24. The number of aliphatic hydroxyl groups excluding tert-OH is 2. The summed E-state index contributed by atoms with van der Waals surface area (Å²) in [7, 11) is 1.51. The maximum absolute atomic E-state index is 10.0. The molecule has 0 saturated heterocycles. The first-order valence-electron chi connectivity index (χ1n) is 8.37. The second-order valence-electron chi connectivity index (χ2n) is 6.70. The number of halogens is 1. The van der Waals surface area contributed by atoms with Gasteiger partial charge in [-0.05, 0) is 65.6 Å². The lowest BCUT2D eigenvalue weighted by Gasteiger charge is -2.39. The Labute approximate surface area is 152 Å². The van der Waals surface area contributed by atoms with Gasteiger partial charge in [0.25, 0.3) is 0 Å². The fraction of sp³-hybridized carbons (Fsp3) is 0.400. The largest absolute Gasteiger partial charge is 0.504 e. The van der Waals surface area contributed by atoms with E-state index in [1.807, 2.05) is 19.1 Å². The highest BCUT2D eigenvalue weighted by atomic mass is 35.5. The number of phenols is 1. The fourth-order valence-corrected chi connectivity index (χ4v) is 4.10. The van der Waals surface area contributed by atoms with Gasteiger partial charge in [-0.2, -0.15) is 0 Å². The molecule has 1 aliphatic carbocycles. The highest BCUT2D eigenvalue weighted by molar-refractivity contribution is 6.31. The van der Waals surface area contributed by atoms with Crippen LogP contribution in [0.2, 0.25) is 5.02 Å². The summed E-state index contributed by atoms with van der Waals surface area (Å²) in [6, 6.07) is 9.26. The Bertz CT molecular complexity index is 775. The molecule has 1 aliphatic rings. The third kappa shape index (κ3) is 3.22. The van der Waals surface area contributed by atoms with Crippen LogP contribution in [0.3, 0.4) is 0 Å². The van der Waals surface area contributed by atoms with Crippen LogP contribution < -0.4 is 4.74 Å². The van der Waals surface area contributed by atoms with E-state index in [-0.39, 0.29) is 36.7 Å². The molecule has 4 nitrogen and oxygen atoms in total. The number of phenolic OH excluding ortho intramolecular Hbond substituents is 1. The van der Waals surface area contributed by atoms with Gasteiger partial charge in [0.15, 0.2) is 11.5 Å². The Morgan fingerprint density at radius 2 is 1.92 bits per heavy atom. The van der Waals surface area contributed by atoms with Gasteiger partial charge in [-0.15, -0.1) is 0 Å². The zero-order valence-corrected chi connectivity index (χ0v) is 15.1. The lowest BCUT2D eigenvalue weighted by Crippen LogP contribution is -2.35. The summed E-state index contributed by atoms with van der Waals surface area (Å²) >= 11 is 6.37. The number of rotatable bonds is 4. The fourth-order valence-electron chi connectivity index (χ4n) is 3.93. The number of methoxy groups -OCH3 is 1. The summed E-state index contributed by atoms with van der Waals surface area (Å²) in [6.45, 7) is 1.94. The first-order valence-corrected chi connectivity index (χ1v) is 8.75. The minimum absolute atomic E-state index is 0.0120. The van der Waals surface area contributed by atoms with Crippen LogP contribution >= 0.6 is 11.6 Å². The Morgan fingerprint density at radius 3 is 2.56 bits per heavy atom. The van der Waals surface area contributed by atoms with Crippen molar-refractivity contribution in [3.8, 4) is 11.5 Å². The van der Waals surface area contributed by atoms with Crippen molar-refractivity contribution in [2.24, 2.45) is 11.8 Å². The number of hydrogen-bond donors (Lipinski definition) is 3. The van der Waals surface area contributed by atoms with E-state index in [0.717, 1.165) is 22.3 Å². The minimum atomic E-state index is -0.134. The van der Waals surface area contributed by atoms with Gasteiger partial charge in [-0.1, -0.05) is 23.7 Å². The maximum atomic E-state index is 10.0. The van der Waals surface area contributed by atoms with Crippen molar-refractivity contribution >= 4 is 11.6 Å². The molecule has 0 unspecified atom stereocenters. The average Bonchev–Trinajstić information content (AvgIpc) is 2.62. The highest BCUT2D eigenvalue weighted by Gasteiger charge is 2.37. The molecule has 3 rings (SSSR count). The molecule has 0 amide bonds. The molecule has 2 aromatic rings. The number of aryl methyl sites for hydroxylation is 1. The molecule has 134 valence electrons. The summed E-state index contributed by atoms with van der Waals surface area (Å²) in [5.74, 6) is 0.162. The summed E-state index contributed by atoms with van der Waals surface area (Å²) in [5, 5.41) is 30.5. The number of aliphatic hydroxyl groups is 2. The monoisotopic (exact) mass is 362 g/mol. The molecule has 0 saturated carbocycles. The molecule has 3 atom stereocenters. The Kier molecular flexibility index (Phi) is 5.23. The quantitative estimate of drug-likeness (QED) is 0.780. The van der Waals surface area contributed by atoms with Gasteiger partial charge in [-0.3, -0.25) is 0 Å². The molecule has 2 aromatic carbocycles. The van der Waals surface area contributed by atoms with E-state index < -0.39 is 0 Å². The molecule has 5 heteroatoms. The number of aromatic hydroxyl groups is 1. The van der Waals surface area contributed by atoms with Gasteiger partial charge in [0.05, 0.1) is 7.11 Å². The highest BCUT2D eigenvalue weighted by Crippen LogP contribution is 2.46. The van der Waals surface area contributed by atoms with Crippen molar-refractivity contribution in [3.63, 3.8) is 0 Å². The van der Waals surface area contributed by atoms with Crippen molar-refractivity contribution in [1.29, 1.82) is 0 Å². The van der Waals surface area contributed by atoms with Crippen molar-refractivity contribution in [1.82, 2.24) is 0 Å². The second kappa shape index (κ2) is 7.24. The molecular formula is C20H23ClO4. The van der Waals surface area contributed by atoms with Crippen LogP contribution in [0.4, 0.5) is 0 Å². The molecule has 0 fully saturated rings. The predicted molar refractivity (Wildman–Crippen MR) is 97.5 cm³/mol. The van der Waals surface area contributed by atoms with E-state index in [2.05, 4.69) is 6.07 Å². The topological polar surface area (TPSA) is 69.9 Å². The molecule has 0 aromatic heterocycles. The van der Waals surface area contributed by atoms with Crippen LogP contribution in [0.1, 0.15) is 28.2 Å². The van der Waals surface area contributed by atoms with E-state index in [4.69, 9.17) is 16.3 Å². The van der Waals surface area contributed by atoms with Crippen LogP contribution in [-0.2, 0) is 6.42 Å². The van der Waals surface area contributed by atoms with Crippen LogP contribution in [0.15, 0.2) is 30.3 Å². The van der Waals surface area contributed by atoms with Gasteiger partial charge < -0.3 is 20.1 Å². The van der Waals surface area contributed by atoms with E-state index in [9.17, 15) is 15.3 Å². The Morgan fingerprint density at radius 1 is 1.16 bits per heavy atom. The lowest BCUT2D eigenvalue weighted by molar-refractivity contribution is 0.101. The molecule has 3 N–H and O–H groups in total. The van der Waals surface area contributed by atoms with Crippen LogP contribution in [-0.4, -0.2) is 35.6 Å². The first kappa shape index (κ1) is 18.1. The normalized spacial score (nSPS) is 22.5. The first-order chi connectivity index (χ1) is 12.0. The SMILES string of the molecule is COc1cc([C@@H]2c3cc(Cl)c(C)cc3C[C@H](CO)[C@H]2CO)ccc1O. The predicted octanol–water partition coefficient (Wildman–Crippen LogP) is 3.27. The summed E-state index contributed by atoms with van der Waals surface area (Å²) in [4.78, 5) is 0. The lowest BCUT2D eigenvalue weighted by atomic mass is 9.67. The molecule has 25 heavy (non-hydrogen) atoms. The molecule has 0 heterocycles. The smallest absolute Gasteiger partial charge is 0.160 e. The summed E-state index contributed by atoms with van der Waals surface area (Å²) in [5.41, 5.74) is 4.13. The van der Waals surface area contributed by atoms with Gasteiger partial charge in [-0.25, -0.2) is 0 Å². The van der Waals surface area contributed by atoms with E-state index in [1.54, 1.807) is 12.1 Å². The van der Waals surface area contributed by atoms with Crippen molar-refractivity contribution in [2.75, 3.05) is 20.3 Å². The van der Waals surface area contributed by atoms with Crippen molar-refractivity contribution in [3.05, 3.63) is 57.6 Å². The van der Waals surface area contributed by atoms with Gasteiger partial charge >= 0.3 is 0 Å². The zero-order valence-electron chi connectivity index (χ0n) is 14.4. The second-order valence-corrected chi connectivity index (χ2v) is 7.11. The van der Waals surface area contributed by atoms with Crippen LogP contribution in [0.5, 0.6) is 11.5 Å². The molecule has 0 radical (unpaired) electrons. The van der Waals surface area contributed by atoms with Crippen LogP contribution in [0.25, 0.3) is 0 Å². The molecule has 0 bridgehead atoms. The average molecular weight is 363 g/mol. The van der Waals surface area contributed by atoms with Crippen molar-refractivity contribution < 1.29 is 20.1 Å². The Hall–Kier alpha value is -1.75. The van der Waals surface area contributed by atoms with E-state index in [1.165, 1.54) is 7.11 Å². The van der Waals surface area contributed by atoms with Gasteiger partial charge in [0.2, 0.25) is 0 Å². The molecule has 0 spiro atoms. The van der Waals surface area contributed by atoms with Crippen molar-refractivity contribution in [2.45, 2.75) is 19.3 Å². The number of benzene rings is 2. The third-order valence-corrected chi connectivity index (χ3v) is 5.69. The third-order valence-electron chi connectivity index (χ3n) is 5.28. The molecule has 0 aliphatic heterocycles. The summed E-state index contributed by atoms with van der Waals surface area (Å²) in [6.07, 6.45) is 0.709. The van der Waals surface area contributed by atoms with E-state index >= 15 is 0 Å². The van der Waals surface area contributed by atoms with Gasteiger partial charge in [0.1, 0.15) is 0 Å². The number of ether oxygens (including phenoxy) is 1. The minimum Gasteiger partial charge on any atom is -0.504 e. The van der Waals surface area contributed by atoms with E-state index in [0.29, 0.717) is 17.2 Å². The van der Waals surface area contributed by atoms with Crippen LogP contribution in [0, 0.1) is 18.8 Å². The molecular weight excluding hydrogens is 340 g/mol. The number of hydrogen-bond acceptors (Lipinski definition) is 4. The standard InChI is InChI=1S/C20H23ClO4/c1-11-5-13-6-14(9-22)16(10-23)20(15(13)8-17(11)21)12-3-4-18(24)19(7-12)25-2/h3-5,7-8,14,16,20,22-24H,6,9-10H2,1-2H3/t14-,16-,20-/m1/s1. The zero-order chi connectivity index (χ0) is 18.1. The number of fused-ring (bicyclic) bond motifs is 1. The Balaban J connectivity index is 2.19.